The van der Waals surface area contributed by atoms with Gasteiger partial charge in [-0.2, -0.15) is 0 Å². The molecule has 0 aliphatic carbocycles. The van der Waals surface area contributed by atoms with Gasteiger partial charge in [0.1, 0.15) is 5.75 Å². The highest BCUT2D eigenvalue weighted by atomic mass is 35.5. The zero-order valence-corrected chi connectivity index (χ0v) is 14.0. The number of alkyl halides is 3. The van der Waals surface area contributed by atoms with Gasteiger partial charge in [-0.05, 0) is 56.0 Å². The molecule has 1 fully saturated rings. The van der Waals surface area contributed by atoms with E-state index in [-0.39, 0.29) is 30.5 Å². The molecule has 24 heavy (non-hydrogen) atoms. The lowest BCUT2D eigenvalue weighted by molar-refractivity contribution is -0.274. The van der Waals surface area contributed by atoms with Crippen LogP contribution >= 0.6 is 12.4 Å². The van der Waals surface area contributed by atoms with Crippen molar-refractivity contribution in [2.75, 3.05) is 19.6 Å². The Kier molecular flexibility index (Phi) is 8.35. The molecule has 136 valence electrons. The monoisotopic (exact) mass is 366 g/mol. The van der Waals surface area contributed by atoms with E-state index in [0.29, 0.717) is 18.0 Å². The van der Waals surface area contributed by atoms with Gasteiger partial charge in [-0.3, -0.25) is 4.79 Å². The number of piperidine rings is 1. The molecule has 1 amide bonds. The fourth-order valence-electron chi connectivity index (χ4n) is 2.64. The molecule has 1 atom stereocenters. The van der Waals surface area contributed by atoms with Crippen molar-refractivity contribution in [2.45, 2.75) is 32.0 Å². The van der Waals surface area contributed by atoms with Crippen molar-refractivity contribution in [3.63, 3.8) is 0 Å². The van der Waals surface area contributed by atoms with Crippen LogP contribution in [0.4, 0.5) is 13.2 Å². The molecule has 4 nitrogen and oxygen atoms in total. The molecule has 1 saturated heterocycles. The van der Waals surface area contributed by atoms with Crippen LogP contribution in [-0.2, 0) is 11.2 Å². The molecule has 0 aromatic heterocycles. The van der Waals surface area contributed by atoms with Crippen LogP contribution in [0.3, 0.4) is 0 Å². The van der Waals surface area contributed by atoms with Gasteiger partial charge in [-0.15, -0.1) is 25.6 Å². The number of nitrogens with one attached hydrogen (secondary N) is 2. The smallest absolute Gasteiger partial charge is 0.406 e. The normalized spacial score (nSPS) is 17.7. The lowest BCUT2D eigenvalue weighted by atomic mass is 9.96. The zero-order chi connectivity index (χ0) is 16.7. The largest absolute Gasteiger partial charge is 0.573 e. The molecule has 0 bridgehead atoms. The minimum Gasteiger partial charge on any atom is -0.406 e. The van der Waals surface area contributed by atoms with Gasteiger partial charge >= 0.3 is 6.36 Å². The molecule has 1 aliphatic heterocycles. The molecular weight excluding hydrogens is 345 g/mol. The summed E-state index contributed by atoms with van der Waals surface area (Å²) in [5.41, 5.74) is 0.649. The van der Waals surface area contributed by atoms with Gasteiger partial charge in [0.05, 0.1) is 6.42 Å². The van der Waals surface area contributed by atoms with E-state index < -0.39 is 6.36 Å². The fraction of sp³-hybridized carbons (Fsp3) is 0.562. The summed E-state index contributed by atoms with van der Waals surface area (Å²) in [7, 11) is 0. The van der Waals surface area contributed by atoms with Crippen molar-refractivity contribution >= 4 is 18.3 Å². The summed E-state index contributed by atoms with van der Waals surface area (Å²) < 4.78 is 39.9. The second-order valence-corrected chi connectivity index (χ2v) is 5.72. The fourth-order valence-corrected chi connectivity index (χ4v) is 2.64. The van der Waals surface area contributed by atoms with Crippen molar-refractivity contribution in [1.29, 1.82) is 0 Å². The SMILES string of the molecule is Cl.O=C(Cc1ccc(OC(F)(F)F)cc1)NCCC1CCCNC1. The summed E-state index contributed by atoms with van der Waals surface area (Å²) in [5, 5.41) is 6.18. The first-order valence-electron chi connectivity index (χ1n) is 7.74. The van der Waals surface area contributed by atoms with E-state index in [1.807, 2.05) is 0 Å². The molecular formula is C16H22ClF3N2O2. The Morgan fingerprint density at radius 1 is 1.29 bits per heavy atom. The molecule has 1 aromatic carbocycles. The summed E-state index contributed by atoms with van der Waals surface area (Å²) in [6.45, 7) is 2.69. The zero-order valence-electron chi connectivity index (χ0n) is 13.2. The number of carbonyl (C=O) groups is 1. The van der Waals surface area contributed by atoms with Crippen LogP contribution in [0.2, 0.25) is 0 Å². The van der Waals surface area contributed by atoms with Gasteiger partial charge in [0, 0.05) is 6.54 Å². The molecule has 1 aliphatic rings. The average Bonchev–Trinajstić information content (AvgIpc) is 2.49. The number of amides is 1. The first-order valence-corrected chi connectivity index (χ1v) is 7.74. The van der Waals surface area contributed by atoms with Crippen LogP contribution in [0.5, 0.6) is 5.75 Å². The van der Waals surface area contributed by atoms with Crippen molar-refractivity contribution in [1.82, 2.24) is 10.6 Å². The van der Waals surface area contributed by atoms with Gasteiger partial charge in [0.25, 0.3) is 0 Å². The summed E-state index contributed by atoms with van der Waals surface area (Å²) in [5.74, 6) is 0.188. The van der Waals surface area contributed by atoms with E-state index in [1.54, 1.807) is 0 Å². The number of hydrogen-bond acceptors (Lipinski definition) is 3. The van der Waals surface area contributed by atoms with Gasteiger partial charge in [-0.25, -0.2) is 0 Å². The highest BCUT2D eigenvalue weighted by Gasteiger charge is 2.30. The first-order chi connectivity index (χ1) is 10.9. The molecule has 1 aromatic rings. The van der Waals surface area contributed by atoms with Crippen LogP contribution in [0.25, 0.3) is 0 Å². The van der Waals surface area contributed by atoms with Crippen LogP contribution in [0, 0.1) is 5.92 Å². The Morgan fingerprint density at radius 3 is 2.58 bits per heavy atom. The average molecular weight is 367 g/mol. The van der Waals surface area contributed by atoms with E-state index >= 15 is 0 Å². The maximum atomic E-state index is 12.1. The van der Waals surface area contributed by atoms with E-state index in [4.69, 9.17) is 0 Å². The highest BCUT2D eigenvalue weighted by molar-refractivity contribution is 5.85. The van der Waals surface area contributed by atoms with E-state index in [1.165, 1.54) is 37.1 Å². The van der Waals surface area contributed by atoms with E-state index in [0.717, 1.165) is 19.5 Å². The van der Waals surface area contributed by atoms with Crippen molar-refractivity contribution < 1.29 is 22.7 Å². The summed E-state index contributed by atoms with van der Waals surface area (Å²) in [6.07, 6.45) is -1.26. The van der Waals surface area contributed by atoms with Gasteiger partial charge < -0.3 is 15.4 Å². The van der Waals surface area contributed by atoms with Gasteiger partial charge in [0.15, 0.2) is 0 Å². The molecule has 0 saturated carbocycles. The maximum Gasteiger partial charge on any atom is 0.573 e. The Morgan fingerprint density at radius 2 is 2.00 bits per heavy atom. The third-order valence-corrected chi connectivity index (χ3v) is 3.80. The van der Waals surface area contributed by atoms with Crippen molar-refractivity contribution in [3.05, 3.63) is 29.8 Å². The standard InChI is InChI=1S/C16H21F3N2O2.ClH/c17-16(18,19)23-14-5-3-12(4-6-14)10-15(22)21-9-7-13-2-1-8-20-11-13;/h3-6,13,20H,1-2,7-11H2,(H,21,22);1H. The molecule has 1 unspecified atom stereocenters. The van der Waals surface area contributed by atoms with E-state index in [2.05, 4.69) is 15.4 Å². The Balaban J connectivity index is 0.00000288. The second-order valence-electron chi connectivity index (χ2n) is 5.72. The number of hydrogen-bond donors (Lipinski definition) is 2. The molecule has 0 radical (unpaired) electrons. The first kappa shape index (κ1) is 20.6. The van der Waals surface area contributed by atoms with E-state index in [9.17, 15) is 18.0 Å². The summed E-state index contributed by atoms with van der Waals surface area (Å²) in [4.78, 5) is 11.8. The molecule has 2 N–H and O–H groups in total. The molecule has 8 heteroatoms. The summed E-state index contributed by atoms with van der Waals surface area (Å²) in [6, 6.07) is 5.35. The number of ether oxygens (including phenoxy) is 1. The molecule has 1 heterocycles. The highest BCUT2D eigenvalue weighted by Crippen LogP contribution is 2.22. The quantitative estimate of drug-likeness (QED) is 0.813. The minimum atomic E-state index is -4.70. The number of benzene rings is 1. The lowest BCUT2D eigenvalue weighted by Gasteiger charge is -2.22. The van der Waals surface area contributed by atoms with Gasteiger partial charge in [0.2, 0.25) is 5.91 Å². The molecule has 2 rings (SSSR count). The third kappa shape index (κ3) is 7.88. The molecule has 0 spiro atoms. The van der Waals surface area contributed by atoms with Crippen LogP contribution in [0.1, 0.15) is 24.8 Å². The number of carbonyl (C=O) groups excluding carboxylic acids is 1. The lowest BCUT2D eigenvalue weighted by Crippen LogP contribution is -2.33. The Labute approximate surface area is 145 Å². The Hall–Kier alpha value is -1.47. The predicted molar refractivity (Wildman–Crippen MR) is 87.3 cm³/mol. The van der Waals surface area contributed by atoms with Crippen LogP contribution in [0.15, 0.2) is 24.3 Å². The van der Waals surface area contributed by atoms with Crippen molar-refractivity contribution in [2.24, 2.45) is 5.92 Å². The minimum absolute atomic E-state index is 0. The van der Waals surface area contributed by atoms with Gasteiger partial charge in [-0.1, -0.05) is 12.1 Å². The van der Waals surface area contributed by atoms with Crippen LogP contribution in [-0.4, -0.2) is 31.9 Å². The number of halogens is 4. The predicted octanol–water partition coefficient (Wildman–Crippen LogP) is 3.06. The topological polar surface area (TPSA) is 50.4 Å². The summed E-state index contributed by atoms with van der Waals surface area (Å²) >= 11 is 0. The van der Waals surface area contributed by atoms with Crippen molar-refractivity contribution in [3.8, 4) is 5.75 Å². The maximum absolute atomic E-state index is 12.1. The Bertz CT molecular complexity index is 503. The van der Waals surface area contributed by atoms with Crippen LogP contribution < -0.4 is 15.4 Å². The number of rotatable bonds is 6. The third-order valence-electron chi connectivity index (χ3n) is 3.80. The second kappa shape index (κ2) is 9.74.